The van der Waals surface area contributed by atoms with Crippen LogP contribution in [0.1, 0.15) is 18.4 Å². The lowest BCUT2D eigenvalue weighted by atomic mass is 10.1. The van der Waals surface area contributed by atoms with E-state index in [4.69, 9.17) is 0 Å². The lowest BCUT2D eigenvalue weighted by Gasteiger charge is -2.23. The summed E-state index contributed by atoms with van der Waals surface area (Å²) < 4.78 is 1.26. The van der Waals surface area contributed by atoms with Gasteiger partial charge in [0.2, 0.25) is 5.91 Å². The highest BCUT2D eigenvalue weighted by atomic mass is 32.1. The molecular weight excluding hydrogens is 358 g/mol. The molecule has 0 saturated heterocycles. The predicted octanol–water partition coefficient (Wildman–Crippen LogP) is 3.74. The molecule has 0 spiro atoms. The number of nitrogens with zero attached hydrogens (tertiary/aromatic N) is 2. The Bertz CT molecular complexity index is 1010. The second kappa shape index (κ2) is 7.72. The average molecular weight is 377 g/mol. The zero-order valence-corrected chi connectivity index (χ0v) is 15.5. The van der Waals surface area contributed by atoms with E-state index in [9.17, 15) is 9.59 Å². The van der Waals surface area contributed by atoms with E-state index in [0.29, 0.717) is 24.4 Å². The van der Waals surface area contributed by atoms with Crippen molar-refractivity contribution in [3.8, 4) is 0 Å². The number of hydrazone groups is 1. The number of rotatable bonds is 5. The van der Waals surface area contributed by atoms with E-state index in [1.54, 1.807) is 11.3 Å². The lowest BCUT2D eigenvalue weighted by Crippen LogP contribution is -2.39. The molecule has 3 aromatic rings. The maximum absolute atomic E-state index is 12.5. The molecule has 1 N–H and O–H groups in total. The molecule has 1 aliphatic heterocycles. The monoisotopic (exact) mass is 377 g/mol. The summed E-state index contributed by atoms with van der Waals surface area (Å²) in [7, 11) is 0. The van der Waals surface area contributed by atoms with Gasteiger partial charge < -0.3 is 5.32 Å². The van der Waals surface area contributed by atoms with Crippen LogP contribution in [-0.2, 0) is 16.0 Å². The van der Waals surface area contributed by atoms with Gasteiger partial charge in [-0.05, 0) is 40.9 Å². The third kappa shape index (κ3) is 3.75. The lowest BCUT2D eigenvalue weighted by molar-refractivity contribution is -0.118. The zero-order valence-electron chi connectivity index (χ0n) is 14.7. The summed E-state index contributed by atoms with van der Waals surface area (Å²) in [4.78, 5) is 24.6. The van der Waals surface area contributed by atoms with Crippen LogP contribution in [0.25, 0.3) is 10.1 Å². The fourth-order valence-electron chi connectivity index (χ4n) is 3.13. The number of hydrogen-bond acceptors (Lipinski definition) is 4. The van der Waals surface area contributed by atoms with Crippen LogP contribution in [0.4, 0.5) is 5.69 Å². The molecule has 2 aromatic carbocycles. The molecule has 5 nitrogen and oxygen atoms in total. The molecule has 0 aliphatic carbocycles. The number of carbonyl (C=O) groups excluding carboxylic acids is 2. The van der Waals surface area contributed by atoms with Gasteiger partial charge in [0.15, 0.2) is 0 Å². The van der Waals surface area contributed by atoms with Crippen molar-refractivity contribution in [1.82, 2.24) is 5.32 Å². The fraction of sp³-hybridized carbons (Fsp3) is 0.190. The number of amides is 2. The minimum Gasteiger partial charge on any atom is -0.351 e. The summed E-state index contributed by atoms with van der Waals surface area (Å²) in [6.07, 6.45) is 1.43. The molecule has 0 bridgehead atoms. The van der Waals surface area contributed by atoms with Crippen molar-refractivity contribution in [3.05, 3.63) is 65.5 Å². The number of benzene rings is 2. The third-order valence-electron chi connectivity index (χ3n) is 4.54. The number of fused-ring (bicyclic) bond motifs is 1. The summed E-state index contributed by atoms with van der Waals surface area (Å²) in [5.41, 5.74) is 2.31. The van der Waals surface area contributed by atoms with E-state index < -0.39 is 0 Å². The summed E-state index contributed by atoms with van der Waals surface area (Å²) in [6.45, 7) is 0.540. The summed E-state index contributed by atoms with van der Waals surface area (Å²) in [5.74, 6) is -0.301. The van der Waals surface area contributed by atoms with Gasteiger partial charge >= 0.3 is 0 Å². The van der Waals surface area contributed by atoms with Crippen LogP contribution in [0.2, 0.25) is 0 Å². The number of nitrogens with one attached hydrogen (secondary N) is 1. The Morgan fingerprint density at radius 1 is 1.07 bits per heavy atom. The zero-order chi connectivity index (χ0) is 18.6. The maximum Gasteiger partial charge on any atom is 0.267 e. The van der Waals surface area contributed by atoms with Crippen molar-refractivity contribution in [2.24, 2.45) is 5.10 Å². The van der Waals surface area contributed by atoms with Crippen LogP contribution in [-0.4, -0.2) is 24.1 Å². The highest BCUT2D eigenvalue weighted by Crippen LogP contribution is 2.25. The highest BCUT2D eigenvalue weighted by molar-refractivity contribution is 7.17. The summed E-state index contributed by atoms with van der Waals surface area (Å²) in [6, 6.07) is 17.5. The minimum atomic E-state index is -0.206. The second-order valence-electron chi connectivity index (χ2n) is 6.35. The number of thiophene rings is 1. The van der Waals surface area contributed by atoms with Gasteiger partial charge in [0.05, 0.1) is 5.69 Å². The number of carbonyl (C=O) groups is 2. The molecule has 0 fully saturated rings. The highest BCUT2D eigenvalue weighted by Gasteiger charge is 2.25. The van der Waals surface area contributed by atoms with Gasteiger partial charge in [-0.3, -0.25) is 9.59 Å². The molecule has 0 radical (unpaired) electrons. The van der Waals surface area contributed by atoms with Gasteiger partial charge in [-0.15, -0.1) is 11.3 Å². The number of para-hydroxylation sites is 1. The van der Waals surface area contributed by atoms with Crippen molar-refractivity contribution >= 4 is 44.6 Å². The first-order chi connectivity index (χ1) is 13.2. The fourth-order valence-corrected chi connectivity index (χ4v) is 4.12. The van der Waals surface area contributed by atoms with Crippen LogP contribution in [0.15, 0.2) is 65.1 Å². The normalized spacial score (nSPS) is 14.3. The molecule has 0 unspecified atom stereocenters. The minimum absolute atomic E-state index is 0.0949. The van der Waals surface area contributed by atoms with Crippen molar-refractivity contribution in [3.63, 3.8) is 0 Å². The Morgan fingerprint density at radius 3 is 2.70 bits per heavy atom. The Morgan fingerprint density at radius 2 is 1.85 bits per heavy atom. The topological polar surface area (TPSA) is 61.8 Å². The summed E-state index contributed by atoms with van der Waals surface area (Å²) in [5, 5.41) is 11.9. The molecule has 0 atom stereocenters. The van der Waals surface area contributed by atoms with Crippen LogP contribution < -0.4 is 10.3 Å². The van der Waals surface area contributed by atoms with Crippen LogP contribution in [0.3, 0.4) is 0 Å². The van der Waals surface area contributed by atoms with Crippen molar-refractivity contribution in [1.29, 1.82) is 0 Å². The standard InChI is InChI=1S/C21H19N3O2S/c25-20-11-10-18(23-24(20)16-6-2-1-3-7-16)21(26)22-13-12-15-14-27-19-9-5-4-8-17(15)19/h1-9,14H,10-13H2,(H,22,26). The first kappa shape index (κ1) is 17.4. The van der Waals surface area contributed by atoms with E-state index in [0.717, 1.165) is 6.42 Å². The third-order valence-corrected chi connectivity index (χ3v) is 5.55. The number of anilines is 1. The first-order valence-electron chi connectivity index (χ1n) is 8.91. The number of hydrogen-bond donors (Lipinski definition) is 1. The summed E-state index contributed by atoms with van der Waals surface area (Å²) >= 11 is 1.72. The molecule has 0 saturated carbocycles. The van der Waals surface area contributed by atoms with Gasteiger partial charge in [-0.1, -0.05) is 36.4 Å². The van der Waals surface area contributed by atoms with Gasteiger partial charge in [0.25, 0.3) is 5.91 Å². The van der Waals surface area contributed by atoms with E-state index in [1.807, 2.05) is 42.5 Å². The molecule has 2 amide bonds. The second-order valence-corrected chi connectivity index (χ2v) is 7.26. The van der Waals surface area contributed by atoms with Crippen LogP contribution in [0, 0.1) is 0 Å². The largest absolute Gasteiger partial charge is 0.351 e. The molecule has 2 heterocycles. The van der Waals surface area contributed by atoms with E-state index in [1.165, 1.54) is 20.7 Å². The van der Waals surface area contributed by atoms with Gasteiger partial charge in [0.1, 0.15) is 5.71 Å². The SMILES string of the molecule is O=C(NCCc1csc2ccccc12)C1=NN(c2ccccc2)C(=O)CC1. The molecular formula is C21H19N3O2S. The van der Waals surface area contributed by atoms with E-state index in [2.05, 4.69) is 27.9 Å². The maximum atomic E-state index is 12.5. The first-order valence-corrected chi connectivity index (χ1v) is 9.79. The van der Waals surface area contributed by atoms with Crippen molar-refractivity contribution < 1.29 is 9.59 Å². The van der Waals surface area contributed by atoms with Gasteiger partial charge in [-0.2, -0.15) is 5.10 Å². The van der Waals surface area contributed by atoms with E-state index in [-0.39, 0.29) is 18.2 Å². The van der Waals surface area contributed by atoms with Crippen LogP contribution >= 0.6 is 11.3 Å². The molecule has 4 rings (SSSR count). The quantitative estimate of drug-likeness (QED) is 0.736. The van der Waals surface area contributed by atoms with Crippen molar-refractivity contribution in [2.75, 3.05) is 11.6 Å². The van der Waals surface area contributed by atoms with Crippen LogP contribution in [0.5, 0.6) is 0 Å². The Kier molecular flexibility index (Phi) is 4.98. The molecule has 136 valence electrons. The average Bonchev–Trinajstić information content (AvgIpc) is 3.12. The molecule has 6 heteroatoms. The predicted molar refractivity (Wildman–Crippen MR) is 109 cm³/mol. The molecule has 1 aromatic heterocycles. The smallest absolute Gasteiger partial charge is 0.267 e. The van der Waals surface area contributed by atoms with E-state index >= 15 is 0 Å². The van der Waals surface area contributed by atoms with Crippen molar-refractivity contribution in [2.45, 2.75) is 19.3 Å². The van der Waals surface area contributed by atoms with Gasteiger partial charge in [-0.25, -0.2) is 5.01 Å². The Labute approximate surface area is 161 Å². The van der Waals surface area contributed by atoms with Gasteiger partial charge in [0, 0.05) is 24.1 Å². The molecule has 1 aliphatic rings. The molecule has 27 heavy (non-hydrogen) atoms. The Balaban J connectivity index is 1.41. The Hall–Kier alpha value is -2.99.